The average Bonchev–Trinajstić information content (AvgIpc) is 2.38. The van der Waals surface area contributed by atoms with Crippen LogP contribution >= 0.6 is 0 Å². The highest BCUT2D eigenvalue weighted by molar-refractivity contribution is 7.89. The fourth-order valence-electron chi connectivity index (χ4n) is 1.52. The molecule has 0 radical (unpaired) electrons. The van der Waals surface area contributed by atoms with Gasteiger partial charge in [0.05, 0.1) is 22.8 Å². The lowest BCUT2D eigenvalue weighted by molar-refractivity contribution is -0.119. The molecule has 106 valence electrons. The number of anilines is 2. The van der Waals surface area contributed by atoms with Crippen LogP contribution in [0.15, 0.2) is 23.1 Å². The van der Waals surface area contributed by atoms with E-state index < -0.39 is 10.0 Å². The molecule has 19 heavy (non-hydrogen) atoms. The second-order valence-corrected chi connectivity index (χ2v) is 5.84. The van der Waals surface area contributed by atoms with Crippen LogP contribution in [0.25, 0.3) is 0 Å². The molecular weight excluding hydrogens is 268 g/mol. The molecule has 0 aliphatic rings. The summed E-state index contributed by atoms with van der Waals surface area (Å²) in [6.07, 6.45) is 0. The zero-order valence-corrected chi connectivity index (χ0v) is 11.9. The van der Waals surface area contributed by atoms with E-state index in [0.29, 0.717) is 11.4 Å². The van der Waals surface area contributed by atoms with Crippen molar-refractivity contribution in [3.05, 3.63) is 18.2 Å². The first-order chi connectivity index (χ1) is 8.81. The molecule has 8 heteroatoms. The third-order valence-corrected chi connectivity index (χ3v) is 4.06. The van der Waals surface area contributed by atoms with Gasteiger partial charge in [0, 0.05) is 14.1 Å². The van der Waals surface area contributed by atoms with Crippen LogP contribution in [-0.2, 0) is 14.8 Å². The number of carbonyl (C=O) groups excluding carboxylic acids is 1. The van der Waals surface area contributed by atoms with Crippen LogP contribution in [0.1, 0.15) is 0 Å². The number of carbonyl (C=O) groups is 1. The van der Waals surface area contributed by atoms with Crippen LogP contribution in [0, 0.1) is 0 Å². The predicted molar refractivity (Wildman–Crippen MR) is 74.4 cm³/mol. The molecule has 0 saturated carbocycles. The van der Waals surface area contributed by atoms with E-state index in [0.717, 1.165) is 0 Å². The first-order valence-corrected chi connectivity index (χ1v) is 7.05. The molecule has 0 atom stereocenters. The third kappa shape index (κ3) is 3.58. The number of amides is 1. The zero-order valence-electron chi connectivity index (χ0n) is 11.1. The van der Waals surface area contributed by atoms with Crippen LogP contribution in [0.4, 0.5) is 11.4 Å². The van der Waals surface area contributed by atoms with Gasteiger partial charge in [-0.05, 0) is 25.2 Å². The maximum Gasteiger partial charge on any atom is 0.240 e. The van der Waals surface area contributed by atoms with E-state index in [4.69, 9.17) is 5.73 Å². The third-order valence-electron chi connectivity index (χ3n) is 2.65. The highest BCUT2D eigenvalue weighted by atomic mass is 32.2. The first-order valence-electron chi connectivity index (χ1n) is 5.56. The van der Waals surface area contributed by atoms with E-state index in [1.54, 1.807) is 11.9 Å². The number of hydrogen-bond acceptors (Lipinski definition) is 5. The smallest absolute Gasteiger partial charge is 0.240 e. The van der Waals surface area contributed by atoms with Crippen molar-refractivity contribution in [2.24, 2.45) is 0 Å². The topological polar surface area (TPSA) is 105 Å². The highest BCUT2D eigenvalue weighted by Crippen LogP contribution is 2.25. The van der Waals surface area contributed by atoms with E-state index in [9.17, 15) is 13.2 Å². The van der Waals surface area contributed by atoms with Crippen molar-refractivity contribution in [3.63, 3.8) is 0 Å². The quantitative estimate of drug-likeness (QED) is 0.624. The van der Waals surface area contributed by atoms with Gasteiger partial charge in [-0.2, -0.15) is 0 Å². The summed E-state index contributed by atoms with van der Waals surface area (Å²) in [5.74, 6) is -0.191. The Morgan fingerprint density at radius 3 is 2.53 bits per heavy atom. The Morgan fingerprint density at radius 2 is 2.00 bits per heavy atom. The van der Waals surface area contributed by atoms with Crippen molar-refractivity contribution in [1.82, 2.24) is 10.0 Å². The summed E-state index contributed by atoms with van der Waals surface area (Å²) in [5.41, 5.74) is 6.69. The monoisotopic (exact) mass is 286 g/mol. The molecular formula is C11H18N4O3S. The molecule has 1 rings (SSSR count). The normalized spacial score (nSPS) is 11.1. The Morgan fingerprint density at radius 1 is 1.37 bits per heavy atom. The van der Waals surface area contributed by atoms with E-state index in [1.165, 1.54) is 32.3 Å². The molecule has 0 aliphatic carbocycles. The van der Waals surface area contributed by atoms with Crippen LogP contribution in [0.2, 0.25) is 0 Å². The van der Waals surface area contributed by atoms with Gasteiger partial charge >= 0.3 is 0 Å². The summed E-state index contributed by atoms with van der Waals surface area (Å²) in [5, 5.41) is 2.49. The lowest BCUT2D eigenvalue weighted by Crippen LogP contribution is -2.33. The first kappa shape index (κ1) is 15.3. The van der Waals surface area contributed by atoms with E-state index in [2.05, 4.69) is 10.0 Å². The number of rotatable bonds is 5. The van der Waals surface area contributed by atoms with Crippen LogP contribution in [-0.4, -0.2) is 42.0 Å². The van der Waals surface area contributed by atoms with Crippen molar-refractivity contribution < 1.29 is 13.2 Å². The molecule has 1 aromatic rings. The van der Waals surface area contributed by atoms with E-state index in [1.807, 2.05) is 0 Å². The van der Waals surface area contributed by atoms with Gasteiger partial charge in [0.1, 0.15) is 0 Å². The Labute approximate surface area is 112 Å². The minimum atomic E-state index is -3.54. The average molecular weight is 286 g/mol. The summed E-state index contributed by atoms with van der Waals surface area (Å²) in [4.78, 5) is 13.0. The molecule has 0 heterocycles. The Balaban J connectivity index is 3.14. The molecule has 4 N–H and O–H groups in total. The summed E-state index contributed by atoms with van der Waals surface area (Å²) >= 11 is 0. The lowest BCUT2D eigenvalue weighted by atomic mass is 10.2. The fraction of sp³-hybridized carbons (Fsp3) is 0.364. The van der Waals surface area contributed by atoms with Crippen LogP contribution in [0.3, 0.4) is 0 Å². The van der Waals surface area contributed by atoms with Gasteiger partial charge in [-0.25, -0.2) is 13.1 Å². The minimum Gasteiger partial charge on any atom is -0.397 e. The van der Waals surface area contributed by atoms with Gasteiger partial charge in [0.15, 0.2) is 0 Å². The van der Waals surface area contributed by atoms with Crippen LogP contribution < -0.4 is 20.7 Å². The number of sulfonamides is 1. The molecule has 0 spiro atoms. The SMILES string of the molecule is CNC(=O)CN(C)c1cc(S(=O)(=O)NC)ccc1N. The van der Waals surface area contributed by atoms with Crippen molar-refractivity contribution in [2.75, 3.05) is 38.3 Å². The minimum absolute atomic E-state index is 0.0871. The van der Waals surface area contributed by atoms with Crippen LogP contribution in [0.5, 0.6) is 0 Å². The van der Waals surface area contributed by atoms with Gasteiger partial charge in [-0.15, -0.1) is 0 Å². The molecule has 0 aliphatic heterocycles. The van der Waals surface area contributed by atoms with Crippen molar-refractivity contribution in [3.8, 4) is 0 Å². The largest absolute Gasteiger partial charge is 0.397 e. The Kier molecular flexibility index (Phi) is 4.73. The molecule has 0 saturated heterocycles. The number of nitrogens with one attached hydrogen (secondary N) is 2. The standard InChI is InChI=1S/C11H18N4O3S/c1-13-11(16)7-15(3)10-6-8(4-5-9(10)12)19(17,18)14-2/h4-6,14H,7,12H2,1-3H3,(H,13,16). The summed E-state index contributed by atoms with van der Waals surface area (Å²) in [7, 11) is 0.988. The van der Waals surface area contributed by atoms with E-state index in [-0.39, 0.29) is 17.3 Å². The van der Waals surface area contributed by atoms with Crippen molar-refractivity contribution >= 4 is 27.3 Å². The molecule has 0 bridgehead atoms. The number of nitrogen functional groups attached to an aromatic ring is 1. The number of benzene rings is 1. The molecule has 7 nitrogen and oxygen atoms in total. The molecule has 0 fully saturated rings. The van der Waals surface area contributed by atoms with Gasteiger partial charge < -0.3 is 16.0 Å². The molecule has 1 amide bonds. The maximum atomic E-state index is 11.7. The lowest BCUT2D eigenvalue weighted by Gasteiger charge is -2.20. The molecule has 0 unspecified atom stereocenters. The Bertz CT molecular complexity index is 571. The van der Waals surface area contributed by atoms with Gasteiger partial charge in [-0.1, -0.05) is 0 Å². The second-order valence-electron chi connectivity index (χ2n) is 3.96. The van der Waals surface area contributed by atoms with Crippen molar-refractivity contribution in [1.29, 1.82) is 0 Å². The second kappa shape index (κ2) is 5.89. The predicted octanol–water partition coefficient (Wildman–Crippen LogP) is -0.641. The number of hydrogen-bond donors (Lipinski definition) is 3. The summed E-state index contributed by atoms with van der Waals surface area (Å²) in [6, 6.07) is 4.35. The van der Waals surface area contributed by atoms with E-state index >= 15 is 0 Å². The Hall–Kier alpha value is -1.80. The van der Waals surface area contributed by atoms with Crippen molar-refractivity contribution in [2.45, 2.75) is 4.90 Å². The van der Waals surface area contributed by atoms with Gasteiger partial charge in [0.25, 0.3) is 0 Å². The molecule has 1 aromatic carbocycles. The van der Waals surface area contributed by atoms with Gasteiger partial charge in [0.2, 0.25) is 15.9 Å². The van der Waals surface area contributed by atoms with Gasteiger partial charge in [-0.3, -0.25) is 4.79 Å². The number of nitrogens with zero attached hydrogens (tertiary/aromatic N) is 1. The summed E-state index contributed by atoms with van der Waals surface area (Å²) < 4.78 is 25.7. The highest BCUT2D eigenvalue weighted by Gasteiger charge is 2.16. The zero-order chi connectivity index (χ0) is 14.6. The summed E-state index contributed by atoms with van der Waals surface area (Å²) in [6.45, 7) is 0.0871. The fourth-order valence-corrected chi connectivity index (χ4v) is 2.27. The molecule has 0 aromatic heterocycles. The number of nitrogens with two attached hydrogens (primary N) is 1. The maximum absolute atomic E-state index is 11.7. The number of likely N-dealkylation sites (N-methyl/N-ethyl adjacent to an activating group) is 2.